The highest BCUT2D eigenvalue weighted by atomic mass is 79.9. The quantitative estimate of drug-likeness (QED) is 0.845. The fourth-order valence-electron chi connectivity index (χ4n) is 2.62. The Morgan fingerprint density at radius 1 is 1.19 bits per heavy atom. The second-order valence-electron chi connectivity index (χ2n) is 5.13. The Kier molecular flexibility index (Phi) is 4.28. The van der Waals surface area contributed by atoms with Crippen molar-refractivity contribution in [1.29, 1.82) is 0 Å². The molecule has 5 nitrogen and oxygen atoms in total. The number of nitrogens with zero attached hydrogens (tertiary/aromatic N) is 3. The van der Waals surface area contributed by atoms with Crippen LogP contribution in [0.4, 0.5) is 0 Å². The van der Waals surface area contributed by atoms with E-state index in [0.29, 0.717) is 4.47 Å². The van der Waals surface area contributed by atoms with Crippen molar-refractivity contribution in [3.8, 4) is 5.69 Å². The zero-order chi connectivity index (χ0) is 14.8. The van der Waals surface area contributed by atoms with Gasteiger partial charge in [0.15, 0.2) is 0 Å². The minimum atomic E-state index is -0.0213. The first-order valence-electron chi connectivity index (χ1n) is 7.00. The van der Waals surface area contributed by atoms with E-state index in [4.69, 9.17) is 4.74 Å². The third-order valence-corrected chi connectivity index (χ3v) is 4.60. The molecule has 2 heterocycles. The van der Waals surface area contributed by atoms with Crippen LogP contribution in [0.15, 0.2) is 39.6 Å². The third kappa shape index (κ3) is 2.84. The SMILES string of the molecule is Cn1c(CN2CCOCC2)c(Br)c(=O)n1-c1ccccc1. The van der Waals surface area contributed by atoms with Crippen LogP contribution in [0.1, 0.15) is 5.69 Å². The van der Waals surface area contributed by atoms with Crippen LogP contribution in [0.3, 0.4) is 0 Å². The van der Waals surface area contributed by atoms with Gasteiger partial charge in [0, 0.05) is 26.7 Å². The molecule has 1 aliphatic heterocycles. The molecule has 1 aromatic carbocycles. The Morgan fingerprint density at radius 3 is 2.52 bits per heavy atom. The Hall–Kier alpha value is -1.37. The summed E-state index contributed by atoms with van der Waals surface area (Å²) in [6, 6.07) is 9.69. The van der Waals surface area contributed by atoms with Crippen molar-refractivity contribution in [2.24, 2.45) is 7.05 Å². The molecule has 0 atom stereocenters. The van der Waals surface area contributed by atoms with Gasteiger partial charge < -0.3 is 4.74 Å². The Morgan fingerprint density at radius 2 is 1.86 bits per heavy atom. The maximum Gasteiger partial charge on any atom is 0.286 e. The molecule has 1 aliphatic rings. The molecule has 1 aromatic heterocycles. The largest absolute Gasteiger partial charge is 0.379 e. The van der Waals surface area contributed by atoms with Crippen LogP contribution in [0.25, 0.3) is 5.69 Å². The maximum absolute atomic E-state index is 12.5. The molecular weight excluding hydrogens is 334 g/mol. The zero-order valence-corrected chi connectivity index (χ0v) is 13.5. The normalized spacial score (nSPS) is 16.3. The minimum absolute atomic E-state index is 0.0213. The molecule has 0 saturated carbocycles. The van der Waals surface area contributed by atoms with Crippen molar-refractivity contribution in [1.82, 2.24) is 14.3 Å². The number of aromatic nitrogens is 2. The molecule has 0 N–H and O–H groups in total. The van der Waals surface area contributed by atoms with E-state index in [9.17, 15) is 4.79 Å². The summed E-state index contributed by atoms with van der Waals surface area (Å²) in [4.78, 5) is 14.8. The molecule has 0 bridgehead atoms. The monoisotopic (exact) mass is 351 g/mol. The molecule has 0 unspecified atom stereocenters. The van der Waals surface area contributed by atoms with Crippen molar-refractivity contribution < 1.29 is 4.74 Å². The molecule has 3 rings (SSSR count). The summed E-state index contributed by atoms with van der Waals surface area (Å²) in [5, 5.41) is 0. The van der Waals surface area contributed by atoms with Crippen LogP contribution < -0.4 is 5.56 Å². The number of benzene rings is 1. The summed E-state index contributed by atoms with van der Waals surface area (Å²) in [6.45, 7) is 4.06. The van der Waals surface area contributed by atoms with Gasteiger partial charge in [0.05, 0.1) is 24.6 Å². The highest BCUT2D eigenvalue weighted by Gasteiger charge is 2.20. The van der Waals surface area contributed by atoms with E-state index in [-0.39, 0.29) is 5.56 Å². The summed E-state index contributed by atoms with van der Waals surface area (Å²) in [5.74, 6) is 0. The lowest BCUT2D eigenvalue weighted by atomic mass is 10.3. The highest BCUT2D eigenvalue weighted by molar-refractivity contribution is 9.10. The van der Waals surface area contributed by atoms with Crippen molar-refractivity contribution in [3.05, 3.63) is 50.9 Å². The molecule has 0 amide bonds. The lowest BCUT2D eigenvalue weighted by Crippen LogP contribution is -2.36. The van der Waals surface area contributed by atoms with Crippen LogP contribution in [0.2, 0.25) is 0 Å². The summed E-state index contributed by atoms with van der Waals surface area (Å²) in [7, 11) is 1.93. The third-order valence-electron chi connectivity index (χ3n) is 3.80. The first-order valence-corrected chi connectivity index (χ1v) is 7.79. The lowest BCUT2D eigenvalue weighted by molar-refractivity contribution is 0.0330. The van der Waals surface area contributed by atoms with Crippen molar-refractivity contribution >= 4 is 15.9 Å². The van der Waals surface area contributed by atoms with Crippen LogP contribution in [0.5, 0.6) is 0 Å². The number of hydrogen-bond donors (Lipinski definition) is 0. The molecule has 6 heteroatoms. The lowest BCUT2D eigenvalue weighted by Gasteiger charge is -2.26. The number of halogens is 1. The molecule has 112 valence electrons. The second kappa shape index (κ2) is 6.17. The molecular formula is C15H18BrN3O2. The summed E-state index contributed by atoms with van der Waals surface area (Å²) in [6.07, 6.45) is 0. The Labute approximate surface area is 131 Å². The summed E-state index contributed by atoms with van der Waals surface area (Å²) < 4.78 is 9.63. The van der Waals surface area contributed by atoms with Gasteiger partial charge in [-0.05, 0) is 28.1 Å². The Bertz CT molecular complexity index is 672. The molecule has 1 saturated heterocycles. The highest BCUT2D eigenvalue weighted by Crippen LogP contribution is 2.18. The van der Waals surface area contributed by atoms with E-state index in [1.165, 1.54) is 0 Å². The van der Waals surface area contributed by atoms with Crippen LogP contribution in [-0.2, 0) is 18.3 Å². The number of rotatable bonds is 3. The number of ether oxygens (including phenoxy) is 1. The fraction of sp³-hybridized carbons (Fsp3) is 0.400. The van der Waals surface area contributed by atoms with Gasteiger partial charge in [0.1, 0.15) is 4.47 Å². The zero-order valence-electron chi connectivity index (χ0n) is 12.0. The van der Waals surface area contributed by atoms with Crippen molar-refractivity contribution in [2.45, 2.75) is 6.54 Å². The van der Waals surface area contributed by atoms with Gasteiger partial charge in [-0.25, -0.2) is 4.68 Å². The molecule has 1 fully saturated rings. The summed E-state index contributed by atoms with van der Waals surface area (Å²) >= 11 is 3.46. The first-order chi connectivity index (χ1) is 10.2. The van der Waals surface area contributed by atoms with Crippen molar-refractivity contribution in [3.63, 3.8) is 0 Å². The number of morpholine rings is 1. The van der Waals surface area contributed by atoms with Gasteiger partial charge in [0.25, 0.3) is 5.56 Å². The minimum Gasteiger partial charge on any atom is -0.379 e. The summed E-state index contributed by atoms with van der Waals surface area (Å²) in [5.41, 5.74) is 1.84. The predicted molar refractivity (Wildman–Crippen MR) is 84.8 cm³/mol. The van der Waals surface area contributed by atoms with Gasteiger partial charge in [0.2, 0.25) is 0 Å². The average molecular weight is 352 g/mol. The number of para-hydroxylation sites is 1. The van der Waals surface area contributed by atoms with Gasteiger partial charge in [-0.3, -0.25) is 14.4 Å². The first kappa shape index (κ1) is 14.6. The second-order valence-corrected chi connectivity index (χ2v) is 5.92. The van der Waals surface area contributed by atoms with E-state index in [0.717, 1.165) is 44.2 Å². The van der Waals surface area contributed by atoms with E-state index < -0.39 is 0 Å². The van der Waals surface area contributed by atoms with Crippen LogP contribution >= 0.6 is 15.9 Å². The molecule has 0 radical (unpaired) electrons. The molecule has 2 aromatic rings. The van der Waals surface area contributed by atoms with Crippen molar-refractivity contribution in [2.75, 3.05) is 26.3 Å². The molecule has 0 spiro atoms. The van der Waals surface area contributed by atoms with Gasteiger partial charge in [-0.1, -0.05) is 18.2 Å². The van der Waals surface area contributed by atoms with E-state index in [1.54, 1.807) is 4.68 Å². The van der Waals surface area contributed by atoms with Gasteiger partial charge in [-0.15, -0.1) is 0 Å². The fourth-order valence-corrected chi connectivity index (χ4v) is 3.17. The van der Waals surface area contributed by atoms with Crippen LogP contribution in [0, 0.1) is 0 Å². The number of hydrogen-bond acceptors (Lipinski definition) is 3. The standard InChI is InChI=1S/C15H18BrN3O2/c1-17-13(11-18-7-9-21-10-8-18)14(16)15(20)19(17)12-5-3-2-4-6-12/h2-6H,7-11H2,1H3. The molecule has 0 aliphatic carbocycles. The van der Waals surface area contributed by atoms with E-state index in [2.05, 4.69) is 20.8 Å². The van der Waals surface area contributed by atoms with Crippen LogP contribution in [-0.4, -0.2) is 40.6 Å². The Balaban J connectivity index is 1.97. The average Bonchev–Trinajstić information content (AvgIpc) is 2.73. The van der Waals surface area contributed by atoms with Gasteiger partial charge >= 0.3 is 0 Å². The smallest absolute Gasteiger partial charge is 0.286 e. The van der Waals surface area contributed by atoms with E-state index in [1.807, 2.05) is 42.1 Å². The predicted octanol–water partition coefficient (Wildman–Crippen LogP) is 1.77. The van der Waals surface area contributed by atoms with Gasteiger partial charge in [-0.2, -0.15) is 0 Å². The molecule has 21 heavy (non-hydrogen) atoms. The maximum atomic E-state index is 12.5. The topological polar surface area (TPSA) is 39.4 Å². The van der Waals surface area contributed by atoms with E-state index >= 15 is 0 Å².